The van der Waals surface area contributed by atoms with Gasteiger partial charge in [0.2, 0.25) is 5.89 Å². The fourth-order valence-corrected chi connectivity index (χ4v) is 1.98. The van der Waals surface area contributed by atoms with Crippen LogP contribution in [0.4, 0.5) is 0 Å². The summed E-state index contributed by atoms with van der Waals surface area (Å²) in [5.41, 5.74) is 1.18. The molecule has 1 aliphatic rings. The molecule has 1 aromatic carbocycles. The SMILES string of the molecule is c1ccc(Cc2noc(C3COCCN3)n2)cc1. The van der Waals surface area contributed by atoms with E-state index in [4.69, 9.17) is 9.26 Å². The molecular formula is C13H15N3O2. The normalized spacial score (nSPS) is 19.9. The van der Waals surface area contributed by atoms with Crippen LogP contribution in [0.3, 0.4) is 0 Å². The van der Waals surface area contributed by atoms with E-state index >= 15 is 0 Å². The standard InChI is InChI=1S/C13H15N3O2/c1-2-4-10(5-3-1)8-12-15-13(18-16-12)11-9-17-7-6-14-11/h1-5,11,14H,6-9H2. The van der Waals surface area contributed by atoms with E-state index in [2.05, 4.69) is 27.6 Å². The fraction of sp³-hybridized carbons (Fsp3) is 0.385. The van der Waals surface area contributed by atoms with Crippen LogP contribution >= 0.6 is 0 Å². The first-order valence-corrected chi connectivity index (χ1v) is 6.09. The molecule has 0 spiro atoms. The van der Waals surface area contributed by atoms with Gasteiger partial charge < -0.3 is 14.6 Å². The summed E-state index contributed by atoms with van der Waals surface area (Å²) in [6.07, 6.45) is 0.692. The van der Waals surface area contributed by atoms with Crippen molar-refractivity contribution in [3.63, 3.8) is 0 Å². The van der Waals surface area contributed by atoms with Crippen LogP contribution < -0.4 is 5.32 Å². The van der Waals surface area contributed by atoms with Crippen LogP contribution in [-0.2, 0) is 11.2 Å². The molecule has 0 radical (unpaired) electrons. The van der Waals surface area contributed by atoms with Crippen molar-refractivity contribution in [3.05, 3.63) is 47.6 Å². The van der Waals surface area contributed by atoms with Crippen molar-refractivity contribution >= 4 is 0 Å². The van der Waals surface area contributed by atoms with Crippen molar-refractivity contribution in [2.24, 2.45) is 0 Å². The molecule has 1 fully saturated rings. The topological polar surface area (TPSA) is 60.2 Å². The van der Waals surface area contributed by atoms with Crippen LogP contribution in [0.1, 0.15) is 23.3 Å². The van der Waals surface area contributed by atoms with Crippen molar-refractivity contribution in [2.75, 3.05) is 19.8 Å². The largest absolute Gasteiger partial charge is 0.378 e. The highest BCUT2D eigenvalue weighted by molar-refractivity contribution is 5.18. The lowest BCUT2D eigenvalue weighted by molar-refractivity contribution is 0.0659. The smallest absolute Gasteiger partial charge is 0.246 e. The summed E-state index contributed by atoms with van der Waals surface area (Å²) in [5.74, 6) is 1.32. The summed E-state index contributed by atoms with van der Waals surface area (Å²) >= 11 is 0. The minimum atomic E-state index is 0.0239. The zero-order chi connectivity index (χ0) is 12.2. The molecule has 0 aliphatic carbocycles. The lowest BCUT2D eigenvalue weighted by Crippen LogP contribution is -2.34. The van der Waals surface area contributed by atoms with Gasteiger partial charge in [-0.15, -0.1) is 0 Å². The van der Waals surface area contributed by atoms with E-state index < -0.39 is 0 Å². The molecule has 1 aromatic heterocycles. The molecule has 0 amide bonds. The van der Waals surface area contributed by atoms with Gasteiger partial charge in [0.15, 0.2) is 5.82 Å². The minimum Gasteiger partial charge on any atom is -0.378 e. The first-order valence-electron chi connectivity index (χ1n) is 6.09. The maximum Gasteiger partial charge on any atom is 0.246 e. The number of rotatable bonds is 3. The minimum absolute atomic E-state index is 0.0239. The van der Waals surface area contributed by atoms with Crippen molar-refractivity contribution in [1.29, 1.82) is 0 Å². The Labute approximate surface area is 105 Å². The third kappa shape index (κ3) is 2.57. The Morgan fingerprint density at radius 3 is 2.94 bits per heavy atom. The van der Waals surface area contributed by atoms with Gasteiger partial charge in [0.25, 0.3) is 0 Å². The molecule has 1 aliphatic heterocycles. The summed E-state index contributed by atoms with van der Waals surface area (Å²) in [5, 5.41) is 7.30. The maximum absolute atomic E-state index is 5.37. The first kappa shape index (κ1) is 11.4. The lowest BCUT2D eigenvalue weighted by atomic mass is 10.1. The van der Waals surface area contributed by atoms with E-state index in [1.807, 2.05) is 18.2 Å². The molecule has 18 heavy (non-hydrogen) atoms. The molecule has 1 saturated heterocycles. The monoisotopic (exact) mass is 245 g/mol. The van der Waals surface area contributed by atoms with Gasteiger partial charge in [0, 0.05) is 13.0 Å². The number of aromatic nitrogens is 2. The fourth-order valence-electron chi connectivity index (χ4n) is 1.98. The molecular weight excluding hydrogens is 230 g/mol. The van der Waals surface area contributed by atoms with E-state index in [0.29, 0.717) is 24.7 Å². The van der Waals surface area contributed by atoms with E-state index in [9.17, 15) is 0 Å². The predicted octanol–water partition coefficient (Wildman–Crippen LogP) is 1.32. The van der Waals surface area contributed by atoms with E-state index in [-0.39, 0.29) is 6.04 Å². The summed E-state index contributed by atoms with van der Waals surface area (Å²) in [4.78, 5) is 4.41. The van der Waals surface area contributed by atoms with Crippen LogP contribution in [0.2, 0.25) is 0 Å². The molecule has 94 valence electrons. The third-order valence-corrected chi connectivity index (χ3v) is 2.91. The summed E-state index contributed by atoms with van der Waals surface area (Å²) < 4.78 is 10.6. The number of ether oxygens (including phenoxy) is 1. The van der Waals surface area contributed by atoms with Gasteiger partial charge in [0.1, 0.15) is 6.04 Å². The predicted molar refractivity (Wildman–Crippen MR) is 65.1 cm³/mol. The average molecular weight is 245 g/mol. The number of morpholine rings is 1. The van der Waals surface area contributed by atoms with Crippen LogP contribution in [0, 0.1) is 0 Å². The molecule has 0 saturated carbocycles. The molecule has 1 unspecified atom stereocenters. The van der Waals surface area contributed by atoms with Gasteiger partial charge in [-0.1, -0.05) is 35.5 Å². The van der Waals surface area contributed by atoms with Crippen molar-refractivity contribution in [2.45, 2.75) is 12.5 Å². The third-order valence-electron chi connectivity index (χ3n) is 2.91. The molecule has 2 aromatic rings. The van der Waals surface area contributed by atoms with E-state index in [0.717, 1.165) is 13.2 Å². The summed E-state index contributed by atoms with van der Waals surface area (Å²) in [6, 6.07) is 10.1. The zero-order valence-electron chi connectivity index (χ0n) is 10.0. The Bertz CT molecular complexity index is 492. The van der Waals surface area contributed by atoms with E-state index in [1.165, 1.54) is 5.56 Å². The summed E-state index contributed by atoms with van der Waals surface area (Å²) in [6.45, 7) is 2.15. The quantitative estimate of drug-likeness (QED) is 0.883. The summed E-state index contributed by atoms with van der Waals surface area (Å²) in [7, 11) is 0. The van der Waals surface area contributed by atoms with Crippen molar-refractivity contribution in [3.8, 4) is 0 Å². The van der Waals surface area contributed by atoms with Crippen LogP contribution in [0.5, 0.6) is 0 Å². The second-order valence-electron chi connectivity index (χ2n) is 4.29. The van der Waals surface area contributed by atoms with Crippen molar-refractivity contribution < 1.29 is 9.26 Å². The Hall–Kier alpha value is -1.72. The Balaban J connectivity index is 1.69. The van der Waals surface area contributed by atoms with Gasteiger partial charge in [0.05, 0.1) is 13.2 Å². The van der Waals surface area contributed by atoms with Gasteiger partial charge >= 0.3 is 0 Å². The zero-order valence-corrected chi connectivity index (χ0v) is 10.0. The van der Waals surface area contributed by atoms with Crippen LogP contribution in [-0.4, -0.2) is 29.9 Å². The Morgan fingerprint density at radius 1 is 1.28 bits per heavy atom. The second kappa shape index (κ2) is 5.29. The molecule has 5 nitrogen and oxygen atoms in total. The highest BCUT2D eigenvalue weighted by Gasteiger charge is 2.21. The molecule has 3 rings (SSSR count). The highest BCUT2D eigenvalue weighted by atomic mass is 16.5. The van der Waals surface area contributed by atoms with Crippen LogP contribution in [0.15, 0.2) is 34.9 Å². The van der Waals surface area contributed by atoms with Gasteiger partial charge in [-0.25, -0.2) is 0 Å². The average Bonchev–Trinajstić information content (AvgIpc) is 2.89. The Morgan fingerprint density at radius 2 is 2.17 bits per heavy atom. The lowest BCUT2D eigenvalue weighted by Gasteiger charge is -2.20. The van der Waals surface area contributed by atoms with Crippen molar-refractivity contribution in [1.82, 2.24) is 15.5 Å². The van der Waals surface area contributed by atoms with Gasteiger partial charge in [-0.2, -0.15) is 4.98 Å². The number of nitrogens with one attached hydrogen (secondary N) is 1. The number of benzene rings is 1. The molecule has 1 N–H and O–H groups in total. The highest BCUT2D eigenvalue weighted by Crippen LogP contribution is 2.14. The maximum atomic E-state index is 5.37. The van der Waals surface area contributed by atoms with Gasteiger partial charge in [-0.05, 0) is 5.56 Å². The molecule has 1 atom stereocenters. The molecule has 0 bridgehead atoms. The molecule has 2 heterocycles. The van der Waals surface area contributed by atoms with E-state index in [1.54, 1.807) is 0 Å². The molecule has 5 heteroatoms. The Kier molecular flexibility index (Phi) is 3.34. The second-order valence-corrected chi connectivity index (χ2v) is 4.29. The first-order chi connectivity index (χ1) is 8.92. The van der Waals surface area contributed by atoms with Crippen LogP contribution in [0.25, 0.3) is 0 Å². The number of hydrogen-bond acceptors (Lipinski definition) is 5. The number of nitrogens with zero attached hydrogens (tertiary/aromatic N) is 2. The van der Waals surface area contributed by atoms with Gasteiger partial charge in [-0.3, -0.25) is 0 Å². The number of hydrogen-bond donors (Lipinski definition) is 1.